The van der Waals surface area contributed by atoms with Gasteiger partial charge in [-0.3, -0.25) is 0 Å². The van der Waals surface area contributed by atoms with Crippen LogP contribution in [0.15, 0.2) is 0 Å². The molecule has 0 atom stereocenters. The van der Waals surface area contributed by atoms with E-state index in [0.29, 0.717) is 49.9 Å². The summed E-state index contributed by atoms with van der Waals surface area (Å²) < 4.78 is 30.5. The third-order valence-corrected chi connectivity index (χ3v) is 41.0. The van der Waals surface area contributed by atoms with Gasteiger partial charge in [-0.2, -0.15) is 0 Å². The molecule has 0 aromatic heterocycles. The van der Waals surface area contributed by atoms with Crippen LogP contribution in [0.5, 0.6) is 0 Å². The van der Waals surface area contributed by atoms with Gasteiger partial charge in [0, 0.05) is 13.2 Å². The number of hydrogen-bond donors (Lipinski definition) is 0. The van der Waals surface area contributed by atoms with Crippen LogP contribution >= 0.6 is 0 Å². The van der Waals surface area contributed by atoms with Crippen molar-refractivity contribution in [2.45, 2.75) is 264 Å². The highest BCUT2D eigenvalue weighted by atomic mass is 28.5. The Bertz CT molecular complexity index is 768. The van der Waals surface area contributed by atoms with Crippen molar-refractivity contribution in [1.82, 2.24) is 0 Å². The van der Waals surface area contributed by atoms with E-state index >= 15 is 0 Å². The number of rotatable bonds is 29. The fourth-order valence-corrected chi connectivity index (χ4v) is 42.3. The topological polar surface area (TPSA) is 36.9 Å². The first-order valence-corrected chi connectivity index (χ1v) is 33.5. The van der Waals surface area contributed by atoms with Gasteiger partial charge in [0.05, 0.1) is 0 Å². The number of hydrogen-bond acceptors (Lipinski definition) is 4. The molecular weight excluding hydrogens is 709 g/mol. The maximum atomic E-state index is 8.24. The van der Waals surface area contributed by atoms with E-state index in [2.05, 4.69) is 138 Å². The normalized spacial score (nSPS) is 14.5. The molecule has 0 aliphatic rings. The molecule has 0 aliphatic carbocycles. The van der Waals surface area contributed by atoms with E-state index < -0.39 is 42.1 Å². The van der Waals surface area contributed by atoms with Gasteiger partial charge >= 0.3 is 8.80 Å². The van der Waals surface area contributed by atoms with Gasteiger partial charge in [0.2, 0.25) is 0 Å². The number of unbranched alkanes of at least 4 members (excludes halogenated alkanes) is 9. The second-order valence-corrected chi connectivity index (χ2v) is 44.2. The van der Waals surface area contributed by atoms with Crippen LogP contribution in [0.4, 0.5) is 0 Å². The van der Waals surface area contributed by atoms with Crippen LogP contribution in [0.1, 0.15) is 189 Å². The summed E-state index contributed by atoms with van der Waals surface area (Å²) in [5, 5.41) is 0. The van der Waals surface area contributed by atoms with Gasteiger partial charge in [-0.15, -0.1) is 0 Å². The average Bonchev–Trinajstić information content (AvgIpc) is 3.00. The molecule has 0 rings (SSSR count). The van der Waals surface area contributed by atoms with Gasteiger partial charge in [-0.25, -0.2) is 0 Å². The molecule has 0 saturated heterocycles. The Labute approximate surface area is 328 Å². The maximum Gasteiger partial charge on any atom is 0.469 e. The molecule has 0 N–H and O–H groups in total. The predicted octanol–water partition coefficient (Wildman–Crippen LogP) is 16.3. The van der Waals surface area contributed by atoms with Crippen molar-refractivity contribution in [3.05, 3.63) is 0 Å². The second-order valence-electron chi connectivity index (χ2n) is 19.9. The van der Waals surface area contributed by atoms with Gasteiger partial charge in [0.15, 0.2) is 33.3 Å². The molecule has 308 valence electrons. The highest BCUT2D eigenvalue weighted by Gasteiger charge is 2.63. The minimum absolute atomic E-state index is 0.492. The van der Waals surface area contributed by atoms with Crippen molar-refractivity contribution in [1.29, 1.82) is 0 Å². The Morgan fingerprint density at radius 3 is 0.706 bits per heavy atom. The highest BCUT2D eigenvalue weighted by Crippen LogP contribution is 2.53. The monoisotopic (exact) mass is 805 g/mol. The molecule has 0 aromatic carbocycles. The van der Waals surface area contributed by atoms with Gasteiger partial charge < -0.3 is 16.8 Å². The standard InChI is InChI=1S/C42H96O4Si5/c1-34(2)49(35(3)4,36(5)6)44-48(45-50(37(7)8,38(9)10)39(11)12,46-51(40(13)14,41(15)16)42(17)18)33-31-29-27-25-23-22-24-26-28-30-32-47(20,21)43-19/h34-42H,22-33H2,1-21H3. The summed E-state index contributed by atoms with van der Waals surface area (Å²) >= 11 is 0. The lowest BCUT2D eigenvalue weighted by Gasteiger charge is -2.56. The highest BCUT2D eigenvalue weighted by molar-refractivity contribution is 6.94. The zero-order valence-corrected chi connectivity index (χ0v) is 43.8. The van der Waals surface area contributed by atoms with Gasteiger partial charge in [0.1, 0.15) is 0 Å². The van der Waals surface area contributed by atoms with Crippen molar-refractivity contribution in [2.24, 2.45) is 0 Å². The van der Waals surface area contributed by atoms with Crippen molar-refractivity contribution in [2.75, 3.05) is 7.11 Å². The lowest BCUT2D eigenvalue weighted by Crippen LogP contribution is -2.69. The Balaban J connectivity index is 6.70. The van der Waals surface area contributed by atoms with Gasteiger partial charge in [-0.1, -0.05) is 182 Å². The molecule has 0 aromatic rings. The van der Waals surface area contributed by atoms with E-state index in [1.807, 2.05) is 7.11 Å². The first kappa shape index (κ1) is 51.9. The quantitative estimate of drug-likeness (QED) is 0.0557. The molecule has 0 spiro atoms. The fourth-order valence-electron chi connectivity index (χ4n) is 10.5. The van der Waals surface area contributed by atoms with E-state index in [4.69, 9.17) is 16.8 Å². The van der Waals surface area contributed by atoms with Crippen LogP contribution in [0, 0.1) is 0 Å². The summed E-state index contributed by atoms with van der Waals surface area (Å²) in [7, 11) is -9.69. The summed E-state index contributed by atoms with van der Waals surface area (Å²) in [6, 6.07) is 2.28. The first-order valence-electron chi connectivity index (χ1n) is 22.0. The Morgan fingerprint density at radius 1 is 0.314 bits per heavy atom. The van der Waals surface area contributed by atoms with Crippen LogP contribution in [0.2, 0.25) is 75.1 Å². The summed E-state index contributed by atoms with van der Waals surface area (Å²) in [6.07, 6.45) is 13.3. The largest absolute Gasteiger partial charge is 0.469 e. The van der Waals surface area contributed by atoms with Crippen LogP contribution in [0.3, 0.4) is 0 Å². The van der Waals surface area contributed by atoms with Crippen LogP contribution in [0.25, 0.3) is 0 Å². The van der Waals surface area contributed by atoms with Crippen LogP contribution in [-0.4, -0.2) is 49.2 Å². The second kappa shape index (κ2) is 23.2. The molecule has 0 aliphatic heterocycles. The Kier molecular flexibility index (Phi) is 23.6. The fraction of sp³-hybridized carbons (Fsp3) is 1.00. The van der Waals surface area contributed by atoms with Crippen molar-refractivity contribution in [3.8, 4) is 0 Å². The lowest BCUT2D eigenvalue weighted by atomic mass is 10.1. The van der Waals surface area contributed by atoms with E-state index in [0.717, 1.165) is 12.5 Å². The molecule has 0 fully saturated rings. The van der Waals surface area contributed by atoms with Crippen molar-refractivity contribution < 1.29 is 16.8 Å². The van der Waals surface area contributed by atoms with Crippen molar-refractivity contribution >= 4 is 42.1 Å². The molecular formula is C42H96O4Si5. The molecule has 9 heteroatoms. The molecule has 0 radical (unpaired) electrons. The van der Waals surface area contributed by atoms with E-state index in [-0.39, 0.29) is 0 Å². The molecule has 51 heavy (non-hydrogen) atoms. The molecule has 4 nitrogen and oxygen atoms in total. The lowest BCUT2D eigenvalue weighted by molar-refractivity contribution is 0.216. The molecule has 0 unspecified atom stereocenters. The predicted molar refractivity (Wildman–Crippen MR) is 242 cm³/mol. The maximum absolute atomic E-state index is 8.24. The van der Waals surface area contributed by atoms with Crippen molar-refractivity contribution in [3.63, 3.8) is 0 Å². The molecule has 0 heterocycles. The van der Waals surface area contributed by atoms with E-state index in [1.165, 1.54) is 63.8 Å². The van der Waals surface area contributed by atoms with E-state index in [1.54, 1.807) is 0 Å². The molecule has 0 saturated carbocycles. The minimum atomic E-state index is -3.20. The summed E-state index contributed by atoms with van der Waals surface area (Å²) in [4.78, 5) is 0. The van der Waals surface area contributed by atoms with Gasteiger partial charge in [0.25, 0.3) is 0 Å². The molecule has 0 bridgehead atoms. The first-order chi connectivity index (χ1) is 23.4. The third kappa shape index (κ3) is 14.1. The summed E-state index contributed by atoms with van der Waals surface area (Å²) in [5.74, 6) is 0. The molecule has 0 amide bonds. The summed E-state index contributed by atoms with van der Waals surface area (Å²) in [5.41, 5.74) is 4.43. The minimum Gasteiger partial charge on any atom is -0.420 e. The van der Waals surface area contributed by atoms with E-state index in [9.17, 15) is 0 Å². The smallest absolute Gasteiger partial charge is 0.420 e. The van der Waals surface area contributed by atoms with Gasteiger partial charge in [-0.05, 0) is 75.4 Å². The zero-order chi connectivity index (χ0) is 40.0. The SMILES string of the molecule is CO[Si](C)(C)CCCCCCCCCCCC[Si](O[Si](C(C)C)(C(C)C)C(C)C)(O[Si](C(C)C)(C(C)C)C(C)C)O[Si](C(C)C)(C(C)C)C(C)C. The van der Waals surface area contributed by atoms with Crippen LogP contribution < -0.4 is 0 Å². The third-order valence-electron chi connectivity index (χ3n) is 13.2. The summed E-state index contributed by atoms with van der Waals surface area (Å²) in [6.45, 7) is 48.7. The Hall–Kier alpha value is 0.924. The Morgan fingerprint density at radius 2 is 0.510 bits per heavy atom. The average molecular weight is 806 g/mol. The zero-order valence-electron chi connectivity index (χ0n) is 38.8. The van der Waals surface area contributed by atoms with Crippen LogP contribution in [-0.2, 0) is 16.8 Å².